The van der Waals surface area contributed by atoms with E-state index in [1.165, 1.54) is 11.3 Å². The molecule has 0 saturated carbocycles. The first kappa shape index (κ1) is 11.4. The molecule has 0 saturated heterocycles. The Morgan fingerprint density at radius 3 is 2.79 bits per heavy atom. The molecule has 0 N–H and O–H groups in total. The summed E-state index contributed by atoms with van der Waals surface area (Å²) in [5.74, 6) is -0.461. The zero-order chi connectivity index (χ0) is 9.26. The number of benzene rings is 1. The average Bonchev–Trinajstić information content (AvgIpc) is 2.60. The molecule has 64 valence electrons. The average molecular weight is 211 g/mol. The van der Waals surface area contributed by atoms with E-state index in [-0.39, 0.29) is 29.6 Å². The van der Waals surface area contributed by atoms with Crippen molar-refractivity contribution in [3.05, 3.63) is 35.2 Å². The monoisotopic (exact) mass is 211 g/mol. The number of nitrogens with zero attached hydrogens (tertiary/aromatic N) is 1. The molecule has 2 rings (SSSR count). The van der Waals surface area contributed by atoms with Crippen LogP contribution in [0, 0.1) is 11.3 Å². The minimum absolute atomic E-state index is 0. The molecule has 1 aromatic heterocycles. The van der Waals surface area contributed by atoms with Gasteiger partial charge < -0.3 is 0 Å². The number of fused-ring (bicyclic) bond motifs is 1. The van der Waals surface area contributed by atoms with E-state index in [0.717, 1.165) is 10.1 Å². The third kappa shape index (κ3) is 1.89. The fourth-order valence-electron chi connectivity index (χ4n) is 1.21. The predicted molar refractivity (Wildman–Crippen MR) is 58.9 cm³/mol. The molecule has 0 aliphatic rings. The molecule has 1 heterocycles. The number of hydrogen-bond acceptors (Lipinski definition) is 3. The van der Waals surface area contributed by atoms with Gasteiger partial charge in [0, 0.05) is 15.5 Å². The second-order valence-electron chi connectivity index (χ2n) is 2.59. The predicted octanol–water partition coefficient (Wildman–Crippen LogP) is 1.96. The van der Waals surface area contributed by atoms with Crippen LogP contribution in [0.15, 0.2) is 29.6 Å². The van der Waals surface area contributed by atoms with Crippen LogP contribution in [-0.2, 0) is 0 Å². The van der Waals surface area contributed by atoms with Crippen molar-refractivity contribution in [2.75, 3.05) is 0 Å². The molecule has 0 unspecified atom stereocenters. The molecule has 0 aliphatic heterocycles. The number of hydrogen-bond donors (Lipinski definition) is 0. The second-order valence-corrected chi connectivity index (χ2v) is 3.50. The summed E-state index contributed by atoms with van der Waals surface area (Å²) >= 11 is 1.49. The van der Waals surface area contributed by atoms with Gasteiger partial charge in [0.05, 0.1) is 5.56 Å². The molecule has 0 fully saturated rings. The van der Waals surface area contributed by atoms with Gasteiger partial charge in [-0.05, 0) is 6.07 Å². The van der Waals surface area contributed by atoms with Crippen LogP contribution in [0.5, 0.6) is 0 Å². The first-order valence-corrected chi connectivity index (χ1v) is 4.61. The SMILES string of the molecule is N#CC(=O)c1csc2ccccc12.[NaH]. The second kappa shape index (κ2) is 4.72. The number of carbonyl (C=O) groups is 1. The Morgan fingerprint density at radius 1 is 1.36 bits per heavy atom. The summed E-state index contributed by atoms with van der Waals surface area (Å²) in [5, 5.41) is 11.1. The normalized spacial score (nSPS) is 9.07. The van der Waals surface area contributed by atoms with E-state index in [2.05, 4.69) is 0 Å². The van der Waals surface area contributed by atoms with Gasteiger partial charge in [-0.3, -0.25) is 4.79 Å². The van der Waals surface area contributed by atoms with Crippen LogP contribution in [0.2, 0.25) is 0 Å². The van der Waals surface area contributed by atoms with Crippen LogP contribution in [0.4, 0.5) is 0 Å². The third-order valence-corrected chi connectivity index (χ3v) is 2.79. The minimum atomic E-state index is -0.461. The molecule has 0 aliphatic carbocycles. The zero-order valence-electron chi connectivity index (χ0n) is 6.65. The van der Waals surface area contributed by atoms with Crippen LogP contribution < -0.4 is 0 Å². The molecule has 2 aromatic rings. The van der Waals surface area contributed by atoms with E-state index in [1.54, 1.807) is 11.4 Å². The van der Waals surface area contributed by atoms with Gasteiger partial charge >= 0.3 is 29.6 Å². The fraction of sp³-hybridized carbons (Fsp3) is 0. The number of thiophene rings is 1. The molecular formula is C10H6NNaOS. The number of Topliss-reactive ketones (excluding diaryl/α,β-unsaturated/α-hetero) is 1. The quantitative estimate of drug-likeness (QED) is 0.411. The number of rotatable bonds is 1. The first-order chi connectivity index (χ1) is 6.33. The van der Waals surface area contributed by atoms with E-state index in [4.69, 9.17) is 5.26 Å². The maximum atomic E-state index is 11.1. The van der Waals surface area contributed by atoms with Gasteiger partial charge in [0.2, 0.25) is 0 Å². The van der Waals surface area contributed by atoms with E-state index in [0.29, 0.717) is 5.56 Å². The van der Waals surface area contributed by atoms with Gasteiger partial charge in [-0.25, -0.2) is 0 Å². The molecule has 0 amide bonds. The topological polar surface area (TPSA) is 40.9 Å². The molecular weight excluding hydrogens is 205 g/mol. The fourth-order valence-corrected chi connectivity index (χ4v) is 2.15. The van der Waals surface area contributed by atoms with Crippen molar-refractivity contribution in [2.24, 2.45) is 0 Å². The summed E-state index contributed by atoms with van der Waals surface area (Å²) in [6, 6.07) is 9.20. The van der Waals surface area contributed by atoms with Crippen molar-refractivity contribution in [1.82, 2.24) is 0 Å². The number of ketones is 1. The Balaban J connectivity index is 0.000000980. The molecule has 0 atom stereocenters. The van der Waals surface area contributed by atoms with Gasteiger partial charge in [-0.1, -0.05) is 18.2 Å². The first-order valence-electron chi connectivity index (χ1n) is 3.73. The molecule has 0 bridgehead atoms. The van der Waals surface area contributed by atoms with E-state index in [1.807, 2.05) is 24.3 Å². The molecule has 0 spiro atoms. The van der Waals surface area contributed by atoms with Gasteiger partial charge in [0.15, 0.2) is 0 Å². The Morgan fingerprint density at radius 2 is 2.07 bits per heavy atom. The van der Waals surface area contributed by atoms with Crippen LogP contribution in [0.25, 0.3) is 10.1 Å². The van der Waals surface area contributed by atoms with Crippen molar-refractivity contribution in [3.8, 4) is 6.07 Å². The number of carbonyl (C=O) groups excluding carboxylic acids is 1. The van der Waals surface area contributed by atoms with Crippen LogP contribution in [0.1, 0.15) is 10.4 Å². The van der Waals surface area contributed by atoms with Crippen LogP contribution in [0.3, 0.4) is 0 Å². The standard InChI is InChI=1S/C10H5NOS.Na.H/c11-5-9(12)8-6-13-10-4-2-1-3-7(8)10;;/h1-4,6H;;. The molecule has 2 nitrogen and oxygen atoms in total. The van der Waals surface area contributed by atoms with Gasteiger partial charge in [0.25, 0.3) is 5.78 Å². The molecule has 1 aromatic carbocycles. The molecule has 14 heavy (non-hydrogen) atoms. The third-order valence-electron chi connectivity index (χ3n) is 1.83. The summed E-state index contributed by atoms with van der Waals surface area (Å²) in [6.07, 6.45) is 0. The summed E-state index contributed by atoms with van der Waals surface area (Å²) in [6.45, 7) is 0. The van der Waals surface area contributed by atoms with Crippen LogP contribution in [-0.4, -0.2) is 35.3 Å². The van der Waals surface area contributed by atoms with E-state index < -0.39 is 5.78 Å². The Hall–Kier alpha value is -0.660. The summed E-state index contributed by atoms with van der Waals surface area (Å²) in [5.41, 5.74) is 0.517. The van der Waals surface area contributed by atoms with Gasteiger partial charge in [-0.2, -0.15) is 5.26 Å². The van der Waals surface area contributed by atoms with Crippen molar-refractivity contribution >= 4 is 56.8 Å². The summed E-state index contributed by atoms with van der Waals surface area (Å²) in [4.78, 5) is 11.1. The van der Waals surface area contributed by atoms with Crippen LogP contribution >= 0.6 is 11.3 Å². The summed E-state index contributed by atoms with van der Waals surface area (Å²) < 4.78 is 1.04. The molecule has 0 radical (unpaired) electrons. The van der Waals surface area contributed by atoms with E-state index in [9.17, 15) is 4.79 Å². The summed E-state index contributed by atoms with van der Waals surface area (Å²) in [7, 11) is 0. The molecule has 4 heteroatoms. The van der Waals surface area contributed by atoms with E-state index >= 15 is 0 Å². The Kier molecular flexibility index (Phi) is 3.85. The van der Waals surface area contributed by atoms with Crippen molar-refractivity contribution < 1.29 is 4.79 Å². The van der Waals surface area contributed by atoms with Gasteiger partial charge in [0.1, 0.15) is 6.07 Å². The zero-order valence-corrected chi connectivity index (χ0v) is 7.47. The van der Waals surface area contributed by atoms with Gasteiger partial charge in [-0.15, -0.1) is 11.3 Å². The Labute approximate surface area is 107 Å². The Bertz CT molecular complexity index is 512. The number of nitriles is 1. The van der Waals surface area contributed by atoms with Crippen molar-refractivity contribution in [3.63, 3.8) is 0 Å². The van der Waals surface area contributed by atoms with Crippen molar-refractivity contribution in [1.29, 1.82) is 5.26 Å². The van der Waals surface area contributed by atoms with Crippen molar-refractivity contribution in [2.45, 2.75) is 0 Å². The maximum absolute atomic E-state index is 11.1.